The normalized spacial score (nSPS) is 12.4. The summed E-state index contributed by atoms with van der Waals surface area (Å²) >= 11 is 0. The van der Waals surface area contributed by atoms with Crippen molar-refractivity contribution in [3.8, 4) is 0 Å². The summed E-state index contributed by atoms with van der Waals surface area (Å²) in [4.78, 5) is 11.6. The lowest BCUT2D eigenvalue weighted by Gasteiger charge is -2.13. The van der Waals surface area contributed by atoms with Crippen LogP contribution >= 0.6 is 0 Å². The lowest BCUT2D eigenvalue weighted by Crippen LogP contribution is -2.43. The fourth-order valence-corrected chi connectivity index (χ4v) is 1.56. The van der Waals surface area contributed by atoms with Crippen molar-refractivity contribution in [1.29, 1.82) is 0 Å². The van der Waals surface area contributed by atoms with E-state index in [1.165, 1.54) is 0 Å². The zero-order valence-electron chi connectivity index (χ0n) is 11.3. The van der Waals surface area contributed by atoms with Crippen LogP contribution in [0.2, 0.25) is 0 Å². The number of nitrogens with one attached hydrogen (secondary N) is 2. The number of carbonyl (C=O) groups excluding carboxylic acids is 1. The van der Waals surface area contributed by atoms with E-state index in [1.54, 1.807) is 11.8 Å². The predicted octanol–water partition coefficient (Wildman–Crippen LogP) is -0.297. The van der Waals surface area contributed by atoms with Gasteiger partial charge in [0.15, 0.2) is 0 Å². The molecule has 0 fully saturated rings. The van der Waals surface area contributed by atoms with Crippen molar-refractivity contribution < 1.29 is 9.53 Å². The van der Waals surface area contributed by atoms with Crippen LogP contribution in [0.1, 0.15) is 12.5 Å². The van der Waals surface area contributed by atoms with Crippen LogP contribution in [0.3, 0.4) is 0 Å². The van der Waals surface area contributed by atoms with Gasteiger partial charge in [0.25, 0.3) is 0 Å². The number of amides is 1. The Bertz CT molecular complexity index is 365. The third-order valence-corrected chi connectivity index (χ3v) is 2.62. The van der Waals surface area contributed by atoms with E-state index < -0.39 is 0 Å². The van der Waals surface area contributed by atoms with Crippen molar-refractivity contribution in [3.05, 3.63) is 18.0 Å². The molecule has 0 aliphatic rings. The van der Waals surface area contributed by atoms with Crippen LogP contribution in [0.15, 0.2) is 12.4 Å². The molecule has 18 heavy (non-hydrogen) atoms. The summed E-state index contributed by atoms with van der Waals surface area (Å²) in [6.07, 6.45) is 4.68. The van der Waals surface area contributed by atoms with Gasteiger partial charge in [-0.05, 0) is 18.9 Å². The highest BCUT2D eigenvalue weighted by Gasteiger charge is 2.10. The summed E-state index contributed by atoms with van der Waals surface area (Å²) in [5, 5.41) is 10.1. The van der Waals surface area contributed by atoms with E-state index in [-0.39, 0.29) is 11.9 Å². The molecule has 1 unspecified atom stereocenters. The third kappa shape index (κ3) is 5.29. The second-order valence-corrected chi connectivity index (χ2v) is 4.23. The number of rotatable bonds is 8. The van der Waals surface area contributed by atoms with Gasteiger partial charge in [-0.3, -0.25) is 9.48 Å². The van der Waals surface area contributed by atoms with Gasteiger partial charge in [0.2, 0.25) is 5.91 Å². The van der Waals surface area contributed by atoms with Gasteiger partial charge in [-0.2, -0.15) is 5.10 Å². The van der Waals surface area contributed by atoms with Crippen LogP contribution in [0.5, 0.6) is 0 Å². The van der Waals surface area contributed by atoms with Crippen LogP contribution in [-0.2, 0) is 23.0 Å². The second kappa shape index (κ2) is 7.84. The van der Waals surface area contributed by atoms with Crippen molar-refractivity contribution in [2.45, 2.75) is 19.4 Å². The maximum absolute atomic E-state index is 11.6. The Labute approximate surface area is 108 Å². The summed E-state index contributed by atoms with van der Waals surface area (Å²) in [5.41, 5.74) is 1.16. The van der Waals surface area contributed by atoms with Crippen LogP contribution in [0.4, 0.5) is 0 Å². The first kappa shape index (κ1) is 14.7. The average molecular weight is 254 g/mol. The van der Waals surface area contributed by atoms with Crippen LogP contribution in [-0.4, -0.2) is 48.5 Å². The third-order valence-electron chi connectivity index (χ3n) is 2.62. The van der Waals surface area contributed by atoms with Gasteiger partial charge < -0.3 is 15.4 Å². The molecule has 0 aliphatic carbocycles. The summed E-state index contributed by atoms with van der Waals surface area (Å²) in [6.45, 7) is 3.69. The molecule has 6 heteroatoms. The summed E-state index contributed by atoms with van der Waals surface area (Å²) in [5.74, 6) is -0.00163. The minimum atomic E-state index is -0.196. The summed E-state index contributed by atoms with van der Waals surface area (Å²) < 4.78 is 6.64. The fourth-order valence-electron chi connectivity index (χ4n) is 1.56. The highest BCUT2D eigenvalue weighted by atomic mass is 16.5. The lowest BCUT2D eigenvalue weighted by atomic mass is 10.2. The van der Waals surface area contributed by atoms with E-state index in [0.717, 1.165) is 18.5 Å². The number of nitrogens with zero attached hydrogens (tertiary/aromatic N) is 2. The number of aromatic nitrogens is 2. The molecule has 0 spiro atoms. The van der Waals surface area contributed by atoms with Gasteiger partial charge in [0.1, 0.15) is 0 Å². The molecule has 2 N–H and O–H groups in total. The zero-order chi connectivity index (χ0) is 13.4. The molecular weight excluding hydrogens is 232 g/mol. The van der Waals surface area contributed by atoms with Gasteiger partial charge in [-0.25, -0.2) is 0 Å². The number of carbonyl (C=O) groups is 1. The van der Waals surface area contributed by atoms with Gasteiger partial charge in [0, 0.05) is 33.4 Å². The van der Waals surface area contributed by atoms with E-state index in [0.29, 0.717) is 13.2 Å². The van der Waals surface area contributed by atoms with E-state index in [4.69, 9.17) is 4.74 Å². The lowest BCUT2D eigenvalue weighted by molar-refractivity contribution is -0.122. The molecule has 0 bridgehead atoms. The molecular formula is C12H22N4O2. The minimum absolute atomic E-state index is 0.00163. The first-order valence-corrected chi connectivity index (χ1v) is 6.11. The van der Waals surface area contributed by atoms with Crippen LogP contribution in [0.25, 0.3) is 0 Å². The molecule has 1 aromatic heterocycles. The number of hydrogen-bond acceptors (Lipinski definition) is 4. The molecule has 6 nitrogen and oxygen atoms in total. The largest absolute Gasteiger partial charge is 0.383 e. The molecule has 1 rings (SSSR count). The van der Waals surface area contributed by atoms with Gasteiger partial charge in [0.05, 0.1) is 18.8 Å². The Hall–Kier alpha value is -1.40. The van der Waals surface area contributed by atoms with E-state index >= 15 is 0 Å². The van der Waals surface area contributed by atoms with Crippen molar-refractivity contribution in [2.24, 2.45) is 7.05 Å². The molecule has 0 saturated carbocycles. The highest BCUT2D eigenvalue weighted by Crippen LogP contribution is 1.96. The monoisotopic (exact) mass is 254 g/mol. The Morgan fingerprint density at radius 3 is 2.94 bits per heavy atom. The van der Waals surface area contributed by atoms with E-state index in [9.17, 15) is 4.79 Å². The Balaban J connectivity index is 2.16. The molecule has 0 radical (unpaired) electrons. The van der Waals surface area contributed by atoms with E-state index in [1.807, 2.05) is 26.4 Å². The minimum Gasteiger partial charge on any atom is -0.383 e. The van der Waals surface area contributed by atoms with Crippen molar-refractivity contribution in [2.75, 3.05) is 26.8 Å². The quantitative estimate of drug-likeness (QED) is 0.625. The number of aryl methyl sites for hydroxylation is 1. The van der Waals surface area contributed by atoms with E-state index in [2.05, 4.69) is 15.7 Å². The molecule has 1 atom stereocenters. The topological polar surface area (TPSA) is 68.2 Å². The first-order chi connectivity index (χ1) is 8.63. The molecule has 1 amide bonds. The predicted molar refractivity (Wildman–Crippen MR) is 69.3 cm³/mol. The SMILES string of the molecule is COCCNC(=O)C(C)NCCc1cnn(C)c1. The summed E-state index contributed by atoms with van der Waals surface area (Å²) in [6, 6.07) is -0.196. The van der Waals surface area contributed by atoms with Gasteiger partial charge in [-0.1, -0.05) is 0 Å². The molecule has 0 aliphatic heterocycles. The molecule has 102 valence electrons. The fraction of sp³-hybridized carbons (Fsp3) is 0.667. The first-order valence-electron chi connectivity index (χ1n) is 6.11. The zero-order valence-corrected chi connectivity index (χ0v) is 11.3. The Morgan fingerprint density at radius 1 is 1.56 bits per heavy atom. The molecule has 0 aromatic carbocycles. The Kier molecular flexibility index (Phi) is 6.38. The highest BCUT2D eigenvalue weighted by molar-refractivity contribution is 5.81. The van der Waals surface area contributed by atoms with Gasteiger partial charge >= 0.3 is 0 Å². The number of methoxy groups -OCH3 is 1. The maximum atomic E-state index is 11.6. The Morgan fingerprint density at radius 2 is 2.33 bits per heavy atom. The smallest absolute Gasteiger partial charge is 0.236 e. The summed E-state index contributed by atoms with van der Waals surface area (Å²) in [7, 11) is 3.50. The van der Waals surface area contributed by atoms with Gasteiger partial charge in [-0.15, -0.1) is 0 Å². The van der Waals surface area contributed by atoms with Crippen LogP contribution < -0.4 is 10.6 Å². The number of ether oxygens (including phenoxy) is 1. The van der Waals surface area contributed by atoms with Crippen molar-refractivity contribution in [1.82, 2.24) is 20.4 Å². The average Bonchev–Trinajstić information content (AvgIpc) is 2.75. The van der Waals surface area contributed by atoms with Crippen molar-refractivity contribution >= 4 is 5.91 Å². The van der Waals surface area contributed by atoms with Crippen LogP contribution in [0, 0.1) is 0 Å². The molecule has 1 aromatic rings. The van der Waals surface area contributed by atoms with Crippen molar-refractivity contribution in [3.63, 3.8) is 0 Å². The number of hydrogen-bond donors (Lipinski definition) is 2. The molecule has 1 heterocycles. The second-order valence-electron chi connectivity index (χ2n) is 4.23. The molecule has 0 saturated heterocycles. The maximum Gasteiger partial charge on any atom is 0.236 e. The standard InChI is InChI=1S/C12H22N4O2/c1-10(12(17)14-6-7-18-3)13-5-4-11-8-15-16(2)9-11/h8-10,13H,4-7H2,1-3H3,(H,14,17).